The van der Waals surface area contributed by atoms with Gasteiger partial charge in [-0.15, -0.1) is 0 Å². The van der Waals surface area contributed by atoms with Crippen molar-refractivity contribution in [3.63, 3.8) is 0 Å². The number of nitrogens with zero attached hydrogens (tertiary/aromatic N) is 5. The lowest BCUT2D eigenvalue weighted by molar-refractivity contribution is 0.0746. The average Bonchev–Trinajstić information content (AvgIpc) is 3.23. The van der Waals surface area contributed by atoms with Gasteiger partial charge in [-0.1, -0.05) is 0 Å². The highest BCUT2D eigenvalue weighted by atomic mass is 19.1. The van der Waals surface area contributed by atoms with E-state index in [9.17, 15) is 9.18 Å². The van der Waals surface area contributed by atoms with Crippen molar-refractivity contribution in [2.45, 2.75) is 19.8 Å². The van der Waals surface area contributed by atoms with Crippen LogP contribution in [0, 0.1) is 12.7 Å². The summed E-state index contributed by atoms with van der Waals surface area (Å²) in [5.41, 5.74) is 0.527. The number of hydrogen-bond donors (Lipinski definition) is 0. The fourth-order valence-corrected chi connectivity index (χ4v) is 3.72. The quantitative estimate of drug-likeness (QED) is 0.832. The van der Waals surface area contributed by atoms with E-state index in [-0.39, 0.29) is 11.7 Å². The van der Waals surface area contributed by atoms with Gasteiger partial charge in [0.2, 0.25) is 0 Å². The van der Waals surface area contributed by atoms with Crippen LogP contribution in [0.2, 0.25) is 0 Å². The fourth-order valence-electron chi connectivity index (χ4n) is 3.72. The molecule has 0 saturated carbocycles. The fraction of sp³-hybridized carbons (Fsp3) is 0.450. The van der Waals surface area contributed by atoms with Crippen LogP contribution in [0.1, 0.15) is 29.0 Å². The number of amides is 1. The zero-order valence-corrected chi connectivity index (χ0v) is 15.6. The normalized spacial score (nSPS) is 17.5. The van der Waals surface area contributed by atoms with Crippen LogP contribution in [0.25, 0.3) is 0 Å². The largest absolute Gasteiger partial charge is 0.356 e. The number of hydrogen-bond acceptors (Lipinski definition) is 5. The van der Waals surface area contributed by atoms with Crippen molar-refractivity contribution in [3.05, 3.63) is 47.5 Å². The number of rotatable bonds is 3. The van der Waals surface area contributed by atoms with Gasteiger partial charge in [-0.2, -0.15) is 0 Å². The molecule has 1 aromatic heterocycles. The number of halogens is 1. The summed E-state index contributed by atoms with van der Waals surface area (Å²) in [7, 11) is 0. The molecular weight excluding hydrogens is 345 g/mol. The Labute approximate surface area is 158 Å². The van der Waals surface area contributed by atoms with Gasteiger partial charge in [-0.25, -0.2) is 14.4 Å². The Morgan fingerprint density at radius 2 is 1.44 bits per heavy atom. The van der Waals surface area contributed by atoms with E-state index in [0.717, 1.165) is 43.6 Å². The van der Waals surface area contributed by atoms with Crippen LogP contribution in [0.3, 0.4) is 0 Å². The van der Waals surface area contributed by atoms with Crippen molar-refractivity contribution in [2.75, 3.05) is 49.1 Å². The molecule has 6 nitrogen and oxygen atoms in total. The molecule has 2 aliphatic rings. The summed E-state index contributed by atoms with van der Waals surface area (Å²) in [6.07, 6.45) is 2.42. The standard InChI is InChI=1S/C20H24FN5O/c1-15-22-18(24-8-2-3-9-24)14-19(23-15)25-10-12-26(13-11-25)20(27)16-4-6-17(21)7-5-16/h4-7,14H,2-3,8-13H2,1H3. The van der Waals surface area contributed by atoms with Gasteiger partial charge in [-0.05, 0) is 44.0 Å². The zero-order chi connectivity index (χ0) is 18.8. The molecule has 2 fully saturated rings. The Hall–Kier alpha value is -2.70. The van der Waals surface area contributed by atoms with Crippen molar-refractivity contribution in [1.29, 1.82) is 0 Å². The lowest BCUT2D eigenvalue weighted by Gasteiger charge is -2.35. The molecule has 0 bridgehead atoms. The van der Waals surface area contributed by atoms with Crippen molar-refractivity contribution in [2.24, 2.45) is 0 Å². The van der Waals surface area contributed by atoms with Crippen molar-refractivity contribution >= 4 is 17.5 Å². The Bertz CT molecular complexity index is 812. The van der Waals surface area contributed by atoms with E-state index in [1.807, 2.05) is 11.8 Å². The highest BCUT2D eigenvalue weighted by Gasteiger charge is 2.24. The molecule has 1 aromatic carbocycles. The molecule has 1 amide bonds. The second-order valence-corrected chi connectivity index (χ2v) is 7.11. The molecule has 3 heterocycles. The highest BCUT2D eigenvalue weighted by molar-refractivity contribution is 5.94. The maximum atomic E-state index is 13.1. The van der Waals surface area contributed by atoms with E-state index in [1.165, 1.54) is 25.0 Å². The molecule has 2 saturated heterocycles. The SMILES string of the molecule is Cc1nc(N2CCCC2)cc(N2CCN(C(=O)c3ccc(F)cc3)CC2)n1. The molecule has 0 spiro atoms. The summed E-state index contributed by atoms with van der Waals surface area (Å²) in [6, 6.07) is 7.80. The van der Waals surface area contributed by atoms with E-state index < -0.39 is 0 Å². The molecule has 0 aliphatic carbocycles. The third kappa shape index (κ3) is 3.86. The van der Waals surface area contributed by atoms with Gasteiger partial charge in [-0.3, -0.25) is 4.79 Å². The maximum Gasteiger partial charge on any atom is 0.253 e. The first kappa shape index (κ1) is 17.7. The predicted molar refractivity (Wildman–Crippen MR) is 103 cm³/mol. The summed E-state index contributed by atoms with van der Waals surface area (Å²) in [4.78, 5) is 28.1. The maximum absolute atomic E-state index is 13.1. The molecule has 27 heavy (non-hydrogen) atoms. The molecule has 7 heteroatoms. The summed E-state index contributed by atoms with van der Waals surface area (Å²) >= 11 is 0. The van der Waals surface area contributed by atoms with Crippen LogP contribution in [0.5, 0.6) is 0 Å². The van der Waals surface area contributed by atoms with E-state index in [4.69, 9.17) is 0 Å². The lowest BCUT2D eigenvalue weighted by Crippen LogP contribution is -2.49. The summed E-state index contributed by atoms with van der Waals surface area (Å²) < 4.78 is 13.1. The zero-order valence-electron chi connectivity index (χ0n) is 15.6. The molecule has 2 aromatic rings. The average molecular weight is 369 g/mol. The van der Waals surface area contributed by atoms with Gasteiger partial charge in [0.05, 0.1) is 0 Å². The van der Waals surface area contributed by atoms with Crippen LogP contribution >= 0.6 is 0 Å². The minimum atomic E-state index is -0.329. The topological polar surface area (TPSA) is 52.6 Å². The lowest BCUT2D eigenvalue weighted by atomic mass is 10.2. The Morgan fingerprint density at radius 1 is 0.889 bits per heavy atom. The number of piperazine rings is 1. The molecule has 4 rings (SSSR count). The molecular formula is C20H24FN5O. The van der Waals surface area contributed by atoms with E-state index in [0.29, 0.717) is 18.7 Å². The smallest absolute Gasteiger partial charge is 0.253 e. The van der Waals surface area contributed by atoms with Gasteiger partial charge in [0.15, 0.2) is 0 Å². The van der Waals surface area contributed by atoms with Crippen LogP contribution in [0.15, 0.2) is 30.3 Å². The Morgan fingerprint density at radius 3 is 2.04 bits per heavy atom. The molecule has 0 unspecified atom stereocenters. The van der Waals surface area contributed by atoms with Crippen molar-refractivity contribution in [1.82, 2.24) is 14.9 Å². The number of carbonyl (C=O) groups is 1. The first-order valence-corrected chi connectivity index (χ1v) is 9.50. The van der Waals surface area contributed by atoms with E-state index >= 15 is 0 Å². The van der Waals surface area contributed by atoms with Crippen LogP contribution in [-0.4, -0.2) is 60.0 Å². The van der Waals surface area contributed by atoms with Gasteiger partial charge in [0.25, 0.3) is 5.91 Å². The van der Waals surface area contributed by atoms with Crippen molar-refractivity contribution in [3.8, 4) is 0 Å². The van der Waals surface area contributed by atoms with Crippen molar-refractivity contribution < 1.29 is 9.18 Å². The van der Waals surface area contributed by atoms with Gasteiger partial charge < -0.3 is 14.7 Å². The first-order valence-electron chi connectivity index (χ1n) is 9.50. The number of carbonyl (C=O) groups excluding carboxylic acids is 1. The summed E-state index contributed by atoms with van der Waals surface area (Å²) in [5.74, 6) is 2.33. The van der Waals surface area contributed by atoms with E-state index in [1.54, 1.807) is 12.1 Å². The Balaban J connectivity index is 1.43. The minimum Gasteiger partial charge on any atom is -0.356 e. The molecule has 2 aliphatic heterocycles. The summed E-state index contributed by atoms with van der Waals surface area (Å²) in [6.45, 7) is 6.73. The van der Waals surface area contributed by atoms with Gasteiger partial charge >= 0.3 is 0 Å². The number of anilines is 2. The van der Waals surface area contributed by atoms with Crippen LogP contribution in [-0.2, 0) is 0 Å². The van der Waals surface area contributed by atoms with Gasteiger partial charge in [0, 0.05) is 50.9 Å². The number of aromatic nitrogens is 2. The van der Waals surface area contributed by atoms with Gasteiger partial charge in [0.1, 0.15) is 23.3 Å². The predicted octanol–water partition coefficient (Wildman–Crippen LogP) is 2.49. The Kier molecular flexibility index (Phi) is 4.92. The molecule has 142 valence electrons. The summed E-state index contributed by atoms with van der Waals surface area (Å²) in [5, 5.41) is 0. The number of benzene rings is 1. The molecule has 0 atom stereocenters. The first-order chi connectivity index (χ1) is 13.1. The third-order valence-corrected chi connectivity index (χ3v) is 5.22. The monoisotopic (exact) mass is 369 g/mol. The highest BCUT2D eigenvalue weighted by Crippen LogP contribution is 2.23. The van der Waals surface area contributed by atoms with Crippen LogP contribution < -0.4 is 9.80 Å². The second-order valence-electron chi connectivity index (χ2n) is 7.11. The molecule has 0 N–H and O–H groups in total. The molecule has 0 radical (unpaired) electrons. The second kappa shape index (κ2) is 7.50. The third-order valence-electron chi connectivity index (χ3n) is 5.22. The van der Waals surface area contributed by atoms with Crippen LogP contribution in [0.4, 0.5) is 16.0 Å². The van der Waals surface area contributed by atoms with E-state index in [2.05, 4.69) is 25.8 Å². The number of aryl methyl sites for hydroxylation is 1. The minimum absolute atomic E-state index is 0.0497.